The number of methoxy groups -OCH3 is 1. The quantitative estimate of drug-likeness (QED) is 0.777. The zero-order valence-electron chi connectivity index (χ0n) is 12.2. The van der Waals surface area contributed by atoms with Crippen LogP contribution in [0, 0.1) is 0 Å². The number of ether oxygens (including phenoxy) is 1. The summed E-state index contributed by atoms with van der Waals surface area (Å²) in [7, 11) is 1.54. The SMILES string of the molecule is COC(=O)C1(N2CCCNCC2)CCCCCCC1. The molecule has 4 nitrogen and oxygen atoms in total. The number of hydrogen-bond donors (Lipinski definition) is 1. The van der Waals surface area contributed by atoms with Crippen molar-refractivity contribution in [3.8, 4) is 0 Å². The second-order valence-corrected chi connectivity index (χ2v) is 5.88. The molecule has 0 spiro atoms. The minimum absolute atomic E-state index is 0.00343. The average molecular weight is 268 g/mol. The van der Waals surface area contributed by atoms with Gasteiger partial charge >= 0.3 is 5.97 Å². The Morgan fingerprint density at radius 3 is 2.37 bits per heavy atom. The van der Waals surface area contributed by atoms with Crippen molar-refractivity contribution in [2.45, 2.75) is 56.9 Å². The highest BCUT2D eigenvalue weighted by Crippen LogP contribution is 2.33. The summed E-state index contributed by atoms with van der Waals surface area (Å²) >= 11 is 0. The van der Waals surface area contributed by atoms with Gasteiger partial charge in [0.2, 0.25) is 0 Å². The van der Waals surface area contributed by atoms with Gasteiger partial charge in [0.1, 0.15) is 5.54 Å². The van der Waals surface area contributed by atoms with E-state index in [0.29, 0.717) is 0 Å². The van der Waals surface area contributed by atoms with E-state index in [1.807, 2.05) is 0 Å². The minimum atomic E-state index is -0.346. The number of nitrogens with one attached hydrogen (secondary N) is 1. The van der Waals surface area contributed by atoms with Crippen molar-refractivity contribution in [3.63, 3.8) is 0 Å². The summed E-state index contributed by atoms with van der Waals surface area (Å²) in [4.78, 5) is 14.9. The lowest BCUT2D eigenvalue weighted by Gasteiger charge is -2.42. The van der Waals surface area contributed by atoms with Crippen molar-refractivity contribution >= 4 is 5.97 Å². The molecule has 2 aliphatic rings. The minimum Gasteiger partial charge on any atom is -0.468 e. The lowest BCUT2D eigenvalue weighted by Crippen LogP contribution is -2.56. The standard InChI is InChI=1S/C15H28N2O2/c1-19-14(18)15(8-5-3-2-4-6-9-15)17-12-7-10-16-11-13-17/h16H,2-13H2,1H3. The number of carbonyl (C=O) groups is 1. The molecule has 0 bridgehead atoms. The summed E-state index contributed by atoms with van der Waals surface area (Å²) in [6.45, 7) is 4.03. The van der Waals surface area contributed by atoms with E-state index >= 15 is 0 Å². The summed E-state index contributed by atoms with van der Waals surface area (Å²) in [5.41, 5.74) is -0.346. The molecule has 2 rings (SSSR count). The fourth-order valence-corrected chi connectivity index (χ4v) is 3.60. The third-order valence-electron chi connectivity index (χ3n) is 4.69. The van der Waals surface area contributed by atoms with Crippen molar-refractivity contribution in [1.82, 2.24) is 10.2 Å². The average Bonchev–Trinajstić information content (AvgIpc) is 2.67. The van der Waals surface area contributed by atoms with Gasteiger partial charge in [-0.15, -0.1) is 0 Å². The van der Waals surface area contributed by atoms with Gasteiger partial charge in [-0.05, 0) is 25.8 Å². The molecule has 1 N–H and O–H groups in total. The predicted molar refractivity (Wildman–Crippen MR) is 76.1 cm³/mol. The van der Waals surface area contributed by atoms with Gasteiger partial charge in [0, 0.05) is 19.6 Å². The summed E-state index contributed by atoms with van der Waals surface area (Å²) < 4.78 is 5.18. The lowest BCUT2D eigenvalue weighted by molar-refractivity contribution is -0.157. The van der Waals surface area contributed by atoms with Gasteiger partial charge in [0.25, 0.3) is 0 Å². The molecule has 1 aliphatic carbocycles. The Hall–Kier alpha value is -0.610. The molecule has 0 aromatic rings. The maximum atomic E-state index is 12.5. The van der Waals surface area contributed by atoms with Crippen LogP contribution in [0.15, 0.2) is 0 Å². The molecule has 2 fully saturated rings. The van der Waals surface area contributed by atoms with Crippen LogP contribution in [0.25, 0.3) is 0 Å². The van der Waals surface area contributed by atoms with E-state index in [1.54, 1.807) is 7.11 Å². The highest BCUT2D eigenvalue weighted by molar-refractivity contribution is 5.80. The highest BCUT2D eigenvalue weighted by Gasteiger charge is 2.44. The number of hydrogen-bond acceptors (Lipinski definition) is 4. The van der Waals surface area contributed by atoms with Gasteiger partial charge in [-0.25, -0.2) is 0 Å². The van der Waals surface area contributed by atoms with E-state index in [9.17, 15) is 4.79 Å². The van der Waals surface area contributed by atoms with Crippen LogP contribution in [0.5, 0.6) is 0 Å². The Bertz CT molecular complexity index is 278. The van der Waals surface area contributed by atoms with Gasteiger partial charge in [0.15, 0.2) is 0 Å². The summed E-state index contributed by atoms with van der Waals surface area (Å²) in [5, 5.41) is 3.42. The molecule has 0 atom stereocenters. The molecule has 0 unspecified atom stereocenters. The first-order valence-corrected chi connectivity index (χ1v) is 7.84. The van der Waals surface area contributed by atoms with E-state index in [2.05, 4.69) is 10.2 Å². The highest BCUT2D eigenvalue weighted by atomic mass is 16.5. The van der Waals surface area contributed by atoms with Crippen molar-refractivity contribution < 1.29 is 9.53 Å². The molecule has 1 saturated heterocycles. The molecule has 0 amide bonds. The number of nitrogens with zero attached hydrogens (tertiary/aromatic N) is 1. The van der Waals surface area contributed by atoms with Crippen molar-refractivity contribution in [2.75, 3.05) is 33.3 Å². The Labute approximate surface area is 116 Å². The number of esters is 1. The molecule has 0 aromatic carbocycles. The van der Waals surface area contributed by atoms with Crippen molar-refractivity contribution in [1.29, 1.82) is 0 Å². The predicted octanol–water partition coefficient (Wildman–Crippen LogP) is 1.94. The summed E-state index contributed by atoms with van der Waals surface area (Å²) in [5.74, 6) is -0.00343. The summed E-state index contributed by atoms with van der Waals surface area (Å²) in [6, 6.07) is 0. The molecule has 1 heterocycles. The smallest absolute Gasteiger partial charge is 0.326 e. The zero-order chi connectivity index (χ0) is 13.6. The van der Waals surface area contributed by atoms with E-state index in [0.717, 1.165) is 58.3 Å². The topological polar surface area (TPSA) is 41.6 Å². The summed E-state index contributed by atoms with van der Waals surface area (Å²) in [6.07, 6.45) is 9.20. The first-order valence-electron chi connectivity index (χ1n) is 7.84. The lowest BCUT2D eigenvalue weighted by atomic mass is 9.82. The zero-order valence-corrected chi connectivity index (χ0v) is 12.2. The molecular weight excluding hydrogens is 240 g/mol. The van der Waals surface area contributed by atoms with Gasteiger partial charge < -0.3 is 10.1 Å². The van der Waals surface area contributed by atoms with Crippen LogP contribution in [-0.2, 0) is 9.53 Å². The van der Waals surface area contributed by atoms with Crippen LogP contribution in [0.4, 0.5) is 0 Å². The van der Waals surface area contributed by atoms with E-state index in [4.69, 9.17) is 4.74 Å². The van der Waals surface area contributed by atoms with Gasteiger partial charge in [0.05, 0.1) is 7.11 Å². The maximum Gasteiger partial charge on any atom is 0.326 e. The Balaban J connectivity index is 2.17. The second kappa shape index (κ2) is 7.25. The molecule has 1 aliphatic heterocycles. The normalized spacial score (nSPS) is 25.9. The molecular formula is C15H28N2O2. The van der Waals surface area contributed by atoms with Crippen LogP contribution < -0.4 is 5.32 Å². The van der Waals surface area contributed by atoms with Crippen LogP contribution >= 0.6 is 0 Å². The third kappa shape index (κ3) is 3.48. The molecule has 19 heavy (non-hydrogen) atoms. The maximum absolute atomic E-state index is 12.5. The van der Waals surface area contributed by atoms with Gasteiger partial charge in [-0.2, -0.15) is 0 Å². The van der Waals surface area contributed by atoms with Crippen LogP contribution in [0.2, 0.25) is 0 Å². The van der Waals surface area contributed by atoms with Crippen molar-refractivity contribution in [2.24, 2.45) is 0 Å². The molecule has 1 saturated carbocycles. The van der Waals surface area contributed by atoms with Gasteiger partial charge in [-0.1, -0.05) is 32.1 Å². The van der Waals surface area contributed by atoms with Crippen LogP contribution in [-0.4, -0.2) is 49.7 Å². The first-order chi connectivity index (χ1) is 9.29. The third-order valence-corrected chi connectivity index (χ3v) is 4.69. The largest absolute Gasteiger partial charge is 0.468 e. The Morgan fingerprint density at radius 2 is 1.68 bits per heavy atom. The van der Waals surface area contributed by atoms with Gasteiger partial charge in [-0.3, -0.25) is 9.69 Å². The molecule has 4 heteroatoms. The van der Waals surface area contributed by atoms with E-state index < -0.39 is 0 Å². The Morgan fingerprint density at radius 1 is 1.00 bits per heavy atom. The van der Waals surface area contributed by atoms with E-state index in [1.165, 1.54) is 19.3 Å². The van der Waals surface area contributed by atoms with Crippen LogP contribution in [0.3, 0.4) is 0 Å². The molecule has 0 radical (unpaired) electrons. The fraction of sp³-hybridized carbons (Fsp3) is 0.933. The van der Waals surface area contributed by atoms with Crippen LogP contribution in [0.1, 0.15) is 51.4 Å². The Kier molecular flexibility index (Phi) is 5.64. The number of carbonyl (C=O) groups excluding carboxylic acids is 1. The second-order valence-electron chi connectivity index (χ2n) is 5.88. The van der Waals surface area contributed by atoms with E-state index in [-0.39, 0.29) is 11.5 Å². The first kappa shape index (κ1) is 14.8. The van der Waals surface area contributed by atoms with Crippen molar-refractivity contribution in [3.05, 3.63) is 0 Å². The molecule has 0 aromatic heterocycles. The molecule has 110 valence electrons. The number of rotatable bonds is 2. The fourth-order valence-electron chi connectivity index (χ4n) is 3.60. The monoisotopic (exact) mass is 268 g/mol.